The molecule has 4 saturated carbocycles. The number of hydrogen-bond donors (Lipinski definition) is 0. The van der Waals surface area contributed by atoms with Gasteiger partial charge in [-0.2, -0.15) is 5.26 Å². The summed E-state index contributed by atoms with van der Waals surface area (Å²) in [5.74, 6) is 1.35. The average molecular weight is 591 g/mol. The third kappa shape index (κ3) is 5.48. The summed E-state index contributed by atoms with van der Waals surface area (Å²) >= 11 is 0. The second-order valence-electron chi connectivity index (χ2n) is 15.5. The summed E-state index contributed by atoms with van der Waals surface area (Å²) in [6.07, 6.45) is 5.90. The van der Waals surface area contributed by atoms with E-state index in [9.17, 15) is 14.9 Å². The molecule has 0 aromatic heterocycles. The van der Waals surface area contributed by atoms with Crippen molar-refractivity contribution in [2.45, 2.75) is 117 Å². The van der Waals surface area contributed by atoms with E-state index in [-0.39, 0.29) is 42.7 Å². The molecule has 6 aliphatic rings. The lowest BCUT2D eigenvalue weighted by molar-refractivity contribution is -0.199. The number of benzene rings is 1. The summed E-state index contributed by atoms with van der Waals surface area (Å²) < 4.78 is 25.2. The molecule has 232 valence electrons. The van der Waals surface area contributed by atoms with E-state index in [4.69, 9.17) is 18.8 Å². The second kappa shape index (κ2) is 10.8. The minimum Gasteiger partial charge on any atom is -0.486 e. The Bertz CT molecular complexity index is 1330. The number of amides is 1. The van der Waals surface area contributed by atoms with Crippen molar-refractivity contribution in [2.75, 3.05) is 13.1 Å². The average Bonchev–Trinajstić information content (AvgIpc) is 3.52. The molecular weight excluding hydrogens is 543 g/mol. The van der Waals surface area contributed by atoms with Gasteiger partial charge in [0.2, 0.25) is 5.91 Å². The van der Waals surface area contributed by atoms with Gasteiger partial charge in [0.1, 0.15) is 23.0 Å². The van der Waals surface area contributed by atoms with Gasteiger partial charge < -0.3 is 23.7 Å². The summed E-state index contributed by atoms with van der Waals surface area (Å²) in [7, 11) is -0.257. The summed E-state index contributed by atoms with van der Waals surface area (Å²) in [4.78, 5) is 28.2. The number of hydrogen-bond acceptors (Lipinski definition) is 7. The first-order chi connectivity index (χ1) is 20.2. The van der Waals surface area contributed by atoms with Crippen LogP contribution in [-0.2, 0) is 25.3 Å². The smallest absolute Gasteiger partial charge is 0.457 e. The van der Waals surface area contributed by atoms with Crippen molar-refractivity contribution in [3.8, 4) is 11.8 Å². The van der Waals surface area contributed by atoms with Crippen molar-refractivity contribution in [3.05, 3.63) is 28.8 Å². The van der Waals surface area contributed by atoms with E-state index in [1.54, 1.807) is 0 Å². The first kappa shape index (κ1) is 30.5. The van der Waals surface area contributed by atoms with E-state index in [1.807, 2.05) is 44.7 Å². The van der Waals surface area contributed by atoms with Crippen molar-refractivity contribution in [1.82, 2.24) is 4.90 Å². The molecule has 0 spiro atoms. The van der Waals surface area contributed by atoms with Gasteiger partial charge in [0.05, 0.1) is 30.9 Å². The highest BCUT2D eigenvalue weighted by molar-refractivity contribution is 6.45. The van der Waals surface area contributed by atoms with Gasteiger partial charge in [0.25, 0.3) is 0 Å². The van der Waals surface area contributed by atoms with Crippen LogP contribution in [0.4, 0.5) is 0 Å². The summed E-state index contributed by atoms with van der Waals surface area (Å²) in [6, 6.07) is 6.20. The Labute approximate surface area is 256 Å². The van der Waals surface area contributed by atoms with Crippen LogP contribution < -0.4 is 4.74 Å². The predicted molar refractivity (Wildman–Crippen MR) is 162 cm³/mol. The maximum Gasteiger partial charge on any atom is 0.457 e. The van der Waals surface area contributed by atoms with Gasteiger partial charge >= 0.3 is 13.1 Å². The van der Waals surface area contributed by atoms with E-state index in [0.29, 0.717) is 60.8 Å². The first-order valence-corrected chi connectivity index (χ1v) is 16.2. The number of nitriles is 1. The van der Waals surface area contributed by atoms with Crippen LogP contribution in [-0.4, -0.2) is 60.4 Å². The number of carbonyl (C=O) groups excluding carboxylic acids is 2. The minimum absolute atomic E-state index is 0.0168. The third-order valence-electron chi connectivity index (χ3n) is 11.2. The zero-order valence-corrected chi connectivity index (χ0v) is 26.9. The molecule has 43 heavy (non-hydrogen) atoms. The van der Waals surface area contributed by atoms with Crippen LogP contribution in [0.1, 0.15) is 95.1 Å². The van der Waals surface area contributed by atoms with Crippen LogP contribution in [0.15, 0.2) is 12.1 Å². The lowest BCUT2D eigenvalue weighted by Gasteiger charge is -2.64. The Balaban J connectivity index is 1.12. The van der Waals surface area contributed by atoms with Crippen LogP contribution in [0.3, 0.4) is 0 Å². The van der Waals surface area contributed by atoms with Crippen LogP contribution >= 0.6 is 0 Å². The summed E-state index contributed by atoms with van der Waals surface area (Å²) in [6.45, 7) is 15.5. The highest BCUT2D eigenvalue weighted by Crippen LogP contribution is 2.65. The quantitative estimate of drug-likeness (QED) is 0.295. The van der Waals surface area contributed by atoms with Crippen molar-refractivity contribution < 1.29 is 28.4 Å². The Morgan fingerprint density at radius 2 is 1.88 bits per heavy atom. The van der Waals surface area contributed by atoms with Gasteiger partial charge in [-0.1, -0.05) is 19.9 Å². The van der Waals surface area contributed by atoms with Crippen LogP contribution in [0.25, 0.3) is 0 Å². The van der Waals surface area contributed by atoms with Gasteiger partial charge in [-0.25, -0.2) is 4.79 Å². The molecule has 6 atom stereocenters. The molecule has 1 aromatic rings. The highest BCUT2D eigenvalue weighted by atomic mass is 16.7. The van der Waals surface area contributed by atoms with Crippen molar-refractivity contribution in [3.63, 3.8) is 0 Å². The molecule has 6 fully saturated rings. The zero-order chi connectivity index (χ0) is 30.9. The molecule has 2 heterocycles. The topological polar surface area (TPSA) is 98.1 Å². The lowest BCUT2D eigenvalue weighted by Crippen LogP contribution is -2.65. The van der Waals surface area contributed by atoms with E-state index >= 15 is 0 Å². The Kier molecular flexibility index (Phi) is 7.65. The van der Waals surface area contributed by atoms with E-state index in [2.05, 4.69) is 26.8 Å². The maximum absolute atomic E-state index is 13.5. The fourth-order valence-electron chi connectivity index (χ4n) is 8.48. The largest absolute Gasteiger partial charge is 0.486 e. The van der Waals surface area contributed by atoms with Gasteiger partial charge in [-0.3, -0.25) is 4.79 Å². The van der Waals surface area contributed by atoms with Gasteiger partial charge in [-0.05, 0) is 114 Å². The number of likely N-dealkylation sites (tertiary alicyclic amines) is 1. The van der Waals surface area contributed by atoms with Gasteiger partial charge in [0, 0.05) is 11.8 Å². The normalized spacial score (nSPS) is 32.8. The zero-order valence-electron chi connectivity index (χ0n) is 26.9. The lowest BCUT2D eigenvalue weighted by atomic mass is 9.43. The molecule has 2 bridgehead atoms. The highest BCUT2D eigenvalue weighted by Gasteiger charge is 2.67. The van der Waals surface area contributed by atoms with E-state index < -0.39 is 11.6 Å². The van der Waals surface area contributed by atoms with Gasteiger partial charge in [-0.15, -0.1) is 0 Å². The molecular formula is C34H47BN2O6. The van der Waals surface area contributed by atoms with Gasteiger partial charge in [0.15, 0.2) is 0 Å². The van der Waals surface area contributed by atoms with Crippen molar-refractivity contribution in [2.24, 2.45) is 29.1 Å². The van der Waals surface area contributed by atoms with E-state index in [1.165, 1.54) is 6.42 Å². The number of carbonyl (C=O) groups is 2. The van der Waals surface area contributed by atoms with Crippen LogP contribution in [0, 0.1) is 47.3 Å². The SMILES string of the molecule is Cc1c(CCB2O[C@@H]3C[C@@H]4C[C@@H](C4(C)C)[C@]3(C)O2)ccc(OC2CN(C(=O)[C@H]3CC[C@@H](C#N)C3)C2)c1C(=O)OC(C)(C)C. The molecule has 0 radical (unpaired) electrons. The summed E-state index contributed by atoms with van der Waals surface area (Å²) in [5.41, 5.74) is 1.76. The molecule has 0 unspecified atom stereocenters. The van der Waals surface area contributed by atoms with Crippen molar-refractivity contribution >= 4 is 19.0 Å². The fourth-order valence-corrected chi connectivity index (χ4v) is 8.48. The summed E-state index contributed by atoms with van der Waals surface area (Å²) in [5, 5.41) is 9.19. The first-order valence-electron chi connectivity index (χ1n) is 16.2. The number of aryl methyl sites for hydroxylation is 1. The molecule has 4 aliphatic carbocycles. The number of ether oxygens (including phenoxy) is 2. The molecule has 7 rings (SSSR count). The Hall–Kier alpha value is -2.57. The third-order valence-corrected chi connectivity index (χ3v) is 11.2. The monoisotopic (exact) mass is 590 g/mol. The molecule has 2 aliphatic heterocycles. The number of rotatable bonds is 7. The molecule has 1 amide bonds. The Morgan fingerprint density at radius 1 is 1.14 bits per heavy atom. The fraction of sp³-hybridized carbons (Fsp3) is 0.735. The molecule has 2 saturated heterocycles. The molecule has 0 N–H and O–H groups in total. The maximum atomic E-state index is 13.5. The van der Waals surface area contributed by atoms with Crippen LogP contribution in [0.5, 0.6) is 5.75 Å². The Morgan fingerprint density at radius 3 is 2.53 bits per heavy atom. The molecule has 1 aromatic carbocycles. The minimum atomic E-state index is -0.648. The number of esters is 1. The second-order valence-corrected chi connectivity index (χ2v) is 15.5. The standard InChI is InChI=1S/C34H47BN2O6/c1-20-22(12-13-35-42-28-16-24-15-27(33(24,5)6)34(28,7)43-35)10-11-26(29(20)31(39)41-32(2,3)4)40-25-18-37(19-25)30(38)23-9-8-21(14-23)17-36/h10-11,21,23-25,27-28H,8-9,12-16,18-19H2,1-7H3/t21-,23+,24+,27+,28-,34+/m1/s1. The number of nitrogens with zero attached hydrogens (tertiary/aromatic N) is 2. The van der Waals surface area contributed by atoms with E-state index in [0.717, 1.165) is 30.4 Å². The predicted octanol–water partition coefficient (Wildman–Crippen LogP) is 5.75. The molecule has 8 nitrogen and oxygen atoms in total. The molecule has 9 heteroatoms. The van der Waals surface area contributed by atoms with Crippen molar-refractivity contribution in [1.29, 1.82) is 5.26 Å². The van der Waals surface area contributed by atoms with Crippen LogP contribution in [0.2, 0.25) is 6.32 Å².